The Morgan fingerprint density at radius 1 is 0.926 bits per heavy atom. The van der Waals surface area contributed by atoms with Gasteiger partial charge >= 0.3 is 0 Å². The van der Waals surface area contributed by atoms with Crippen molar-refractivity contribution in [2.75, 3.05) is 0 Å². The van der Waals surface area contributed by atoms with Crippen LogP contribution >= 0.6 is 0 Å². The molecule has 0 spiro atoms. The lowest BCUT2D eigenvalue weighted by molar-refractivity contribution is -0.384. The lowest BCUT2D eigenvalue weighted by Crippen LogP contribution is -1.91. The molecule has 0 amide bonds. The van der Waals surface area contributed by atoms with E-state index in [9.17, 15) is 10.1 Å². The fourth-order valence-electron chi connectivity index (χ4n) is 3.77. The van der Waals surface area contributed by atoms with Gasteiger partial charge in [0.15, 0.2) is 0 Å². The topological polar surface area (TPSA) is 71.8 Å². The molecule has 0 aliphatic rings. The number of hydrogen-bond acceptors (Lipinski definition) is 3. The van der Waals surface area contributed by atoms with Gasteiger partial charge in [0.2, 0.25) is 0 Å². The van der Waals surface area contributed by atoms with Crippen LogP contribution in [0.3, 0.4) is 0 Å². The summed E-state index contributed by atoms with van der Waals surface area (Å²) < 4.78 is 0. The predicted octanol–water partition coefficient (Wildman–Crippen LogP) is 5.75. The first kappa shape index (κ1) is 15.5. The van der Waals surface area contributed by atoms with Gasteiger partial charge in [0.1, 0.15) is 0 Å². The highest BCUT2D eigenvalue weighted by atomic mass is 16.6. The van der Waals surface area contributed by atoms with Gasteiger partial charge in [-0.15, -0.1) is 0 Å². The lowest BCUT2D eigenvalue weighted by atomic mass is 10.0. The smallest absolute Gasteiger partial charge is 0.269 e. The second-order valence-electron chi connectivity index (χ2n) is 6.68. The van der Waals surface area contributed by atoms with Crippen LogP contribution < -0.4 is 0 Å². The third-order valence-electron chi connectivity index (χ3n) is 5.01. The van der Waals surface area contributed by atoms with E-state index in [1.165, 1.54) is 12.1 Å². The monoisotopic (exact) mass is 353 g/mol. The number of aryl methyl sites for hydroxylation is 1. The van der Waals surface area contributed by atoms with Crippen LogP contribution in [0.15, 0.2) is 66.7 Å². The highest BCUT2D eigenvalue weighted by molar-refractivity contribution is 6.20. The van der Waals surface area contributed by atoms with Crippen LogP contribution in [0.1, 0.15) is 5.56 Å². The molecular weight excluding hydrogens is 338 g/mol. The summed E-state index contributed by atoms with van der Waals surface area (Å²) in [5.41, 5.74) is 6.08. The number of nitro benzene ring substituents is 1. The summed E-state index contributed by atoms with van der Waals surface area (Å²) in [6.07, 6.45) is 0. The average molecular weight is 353 g/mol. The minimum atomic E-state index is -0.386. The first-order valence-corrected chi connectivity index (χ1v) is 8.67. The van der Waals surface area contributed by atoms with E-state index >= 15 is 0 Å². The number of benzene rings is 3. The molecule has 5 rings (SSSR count). The van der Waals surface area contributed by atoms with Gasteiger partial charge in [-0.1, -0.05) is 18.2 Å². The number of hydrogen-bond donors (Lipinski definition) is 1. The fourth-order valence-corrected chi connectivity index (χ4v) is 3.77. The molecule has 2 heterocycles. The quantitative estimate of drug-likeness (QED) is 0.324. The number of pyridine rings is 1. The van der Waals surface area contributed by atoms with Crippen molar-refractivity contribution in [1.29, 1.82) is 0 Å². The molecular formula is C22H15N3O2. The molecule has 0 atom stereocenters. The highest BCUT2D eigenvalue weighted by Crippen LogP contribution is 2.35. The number of rotatable bonds is 2. The first-order chi connectivity index (χ1) is 13.1. The Balaban J connectivity index is 1.77. The molecule has 0 unspecified atom stereocenters. The van der Waals surface area contributed by atoms with Crippen LogP contribution in [0.2, 0.25) is 0 Å². The van der Waals surface area contributed by atoms with E-state index in [0.29, 0.717) is 0 Å². The maximum atomic E-state index is 10.9. The van der Waals surface area contributed by atoms with E-state index in [1.807, 2.05) is 30.3 Å². The molecule has 27 heavy (non-hydrogen) atoms. The molecule has 5 aromatic rings. The fraction of sp³-hybridized carbons (Fsp3) is 0.0455. The van der Waals surface area contributed by atoms with Crippen LogP contribution in [-0.4, -0.2) is 14.9 Å². The molecule has 0 aliphatic carbocycles. The third-order valence-corrected chi connectivity index (χ3v) is 5.01. The molecule has 0 saturated heterocycles. The van der Waals surface area contributed by atoms with E-state index in [-0.39, 0.29) is 10.6 Å². The molecule has 0 aliphatic heterocycles. The third kappa shape index (κ3) is 2.36. The number of nitro groups is 1. The van der Waals surface area contributed by atoms with E-state index < -0.39 is 0 Å². The molecule has 0 saturated carbocycles. The van der Waals surface area contributed by atoms with E-state index in [1.54, 1.807) is 12.1 Å². The molecule has 3 aromatic carbocycles. The van der Waals surface area contributed by atoms with Gasteiger partial charge in [-0.2, -0.15) is 0 Å². The number of nitrogens with zero attached hydrogens (tertiary/aromatic N) is 2. The van der Waals surface area contributed by atoms with E-state index in [4.69, 9.17) is 4.98 Å². The summed E-state index contributed by atoms with van der Waals surface area (Å²) in [5.74, 6) is 0. The number of non-ortho nitro benzene ring substituents is 1. The van der Waals surface area contributed by atoms with Gasteiger partial charge in [-0.3, -0.25) is 10.1 Å². The van der Waals surface area contributed by atoms with Gasteiger partial charge in [0.05, 0.1) is 16.0 Å². The molecule has 0 radical (unpaired) electrons. The summed E-state index contributed by atoms with van der Waals surface area (Å²) in [5, 5.41) is 14.3. The van der Waals surface area contributed by atoms with Crippen molar-refractivity contribution in [2.45, 2.75) is 6.92 Å². The molecule has 0 bridgehead atoms. The van der Waals surface area contributed by atoms with Gasteiger partial charge in [0.25, 0.3) is 5.69 Å². The van der Waals surface area contributed by atoms with Crippen LogP contribution in [0.5, 0.6) is 0 Å². The van der Waals surface area contributed by atoms with Crippen LogP contribution in [-0.2, 0) is 0 Å². The molecule has 130 valence electrons. The van der Waals surface area contributed by atoms with Crippen molar-refractivity contribution in [2.24, 2.45) is 0 Å². The molecule has 2 aromatic heterocycles. The zero-order valence-electron chi connectivity index (χ0n) is 14.6. The number of fused-ring (bicyclic) bond motifs is 5. The van der Waals surface area contributed by atoms with Crippen molar-refractivity contribution in [3.63, 3.8) is 0 Å². The average Bonchev–Trinajstić information content (AvgIpc) is 3.06. The van der Waals surface area contributed by atoms with Crippen molar-refractivity contribution in [3.8, 4) is 11.3 Å². The molecule has 1 N–H and O–H groups in total. The van der Waals surface area contributed by atoms with Crippen LogP contribution in [0, 0.1) is 17.0 Å². The number of nitrogens with one attached hydrogen (secondary N) is 1. The molecule has 0 fully saturated rings. The van der Waals surface area contributed by atoms with Crippen molar-refractivity contribution >= 4 is 38.4 Å². The second kappa shape index (κ2) is 5.64. The minimum absolute atomic E-state index is 0.0901. The van der Waals surface area contributed by atoms with Gasteiger partial charge in [0, 0.05) is 39.5 Å². The number of aromatic nitrogens is 2. The normalized spacial score (nSPS) is 11.4. The molecule has 5 heteroatoms. The van der Waals surface area contributed by atoms with Crippen molar-refractivity contribution < 1.29 is 4.92 Å². The highest BCUT2D eigenvalue weighted by Gasteiger charge is 2.13. The number of para-hydroxylation sites is 1. The predicted molar refractivity (Wildman–Crippen MR) is 108 cm³/mol. The SMILES string of the molecule is Cc1cc(-c2ccc([N+](=O)[O-])cc2)[nH]c2ccc3nc4ccccc4c3c12. The van der Waals surface area contributed by atoms with Crippen molar-refractivity contribution in [1.82, 2.24) is 9.97 Å². The largest absolute Gasteiger partial charge is 0.355 e. The van der Waals surface area contributed by atoms with Gasteiger partial charge in [-0.25, -0.2) is 4.98 Å². The maximum absolute atomic E-state index is 10.9. The van der Waals surface area contributed by atoms with Gasteiger partial charge in [-0.05, 0) is 54.4 Å². The Morgan fingerprint density at radius 2 is 1.70 bits per heavy atom. The van der Waals surface area contributed by atoms with Crippen LogP contribution in [0.25, 0.3) is 44.0 Å². The minimum Gasteiger partial charge on any atom is -0.355 e. The Bertz CT molecular complexity index is 1350. The maximum Gasteiger partial charge on any atom is 0.269 e. The first-order valence-electron chi connectivity index (χ1n) is 8.67. The summed E-state index contributed by atoms with van der Waals surface area (Å²) in [6.45, 7) is 2.09. The van der Waals surface area contributed by atoms with Crippen molar-refractivity contribution in [3.05, 3.63) is 82.4 Å². The number of H-pyrrole nitrogens is 1. The second-order valence-corrected chi connectivity index (χ2v) is 6.68. The Labute approximate surface area is 154 Å². The Morgan fingerprint density at radius 3 is 2.48 bits per heavy atom. The summed E-state index contributed by atoms with van der Waals surface area (Å²) in [7, 11) is 0. The lowest BCUT2D eigenvalue weighted by Gasteiger charge is -2.10. The number of aromatic amines is 1. The molecule has 5 nitrogen and oxygen atoms in total. The zero-order valence-corrected chi connectivity index (χ0v) is 14.6. The summed E-state index contributed by atoms with van der Waals surface area (Å²) in [4.78, 5) is 18.7. The zero-order chi connectivity index (χ0) is 18.5. The summed E-state index contributed by atoms with van der Waals surface area (Å²) in [6, 6.07) is 20.9. The van der Waals surface area contributed by atoms with E-state index in [0.717, 1.165) is 49.5 Å². The Kier molecular flexibility index (Phi) is 3.24. The van der Waals surface area contributed by atoms with Crippen LogP contribution in [0.4, 0.5) is 5.69 Å². The Hall–Kier alpha value is -3.73. The summed E-state index contributed by atoms with van der Waals surface area (Å²) >= 11 is 0. The van der Waals surface area contributed by atoms with E-state index in [2.05, 4.69) is 24.0 Å². The standard InChI is InChI=1S/C22H15N3O2/c1-13-12-20(14-6-8-15(9-7-14)25(26)27)24-18-10-11-19-22(21(13)18)16-4-2-3-5-17(16)23-19/h2-12,24H,1H3. The van der Waals surface area contributed by atoms with Gasteiger partial charge < -0.3 is 4.98 Å².